The number of aromatic nitrogens is 1. The number of nitrogens with one attached hydrogen (secondary N) is 2. The van der Waals surface area contributed by atoms with Gasteiger partial charge in [-0.1, -0.05) is 6.07 Å². The molecule has 0 radical (unpaired) electrons. The average Bonchev–Trinajstić information content (AvgIpc) is 3.20. The van der Waals surface area contributed by atoms with Crippen molar-refractivity contribution in [3.63, 3.8) is 0 Å². The lowest BCUT2D eigenvalue weighted by Crippen LogP contribution is -2.31. The van der Waals surface area contributed by atoms with Crippen LogP contribution in [0.25, 0.3) is 0 Å². The zero-order chi connectivity index (χ0) is 15.7. The fourth-order valence-electron chi connectivity index (χ4n) is 2.31. The number of rotatable bonds is 3. The van der Waals surface area contributed by atoms with Crippen LogP contribution in [0, 0.1) is 11.6 Å². The number of carbonyl (C=O) groups is 1. The fraction of sp³-hybridized carbons (Fsp3) is 0.200. The number of anilines is 1. The van der Waals surface area contributed by atoms with Crippen LogP contribution in [-0.4, -0.2) is 17.1 Å². The molecule has 4 nitrogen and oxygen atoms in total. The van der Waals surface area contributed by atoms with Crippen LogP contribution in [-0.2, 0) is 0 Å². The summed E-state index contributed by atoms with van der Waals surface area (Å²) < 4.78 is 28.1. The Kier molecular flexibility index (Phi) is 4.06. The number of amides is 2. The Morgan fingerprint density at radius 1 is 1.23 bits per heavy atom. The molecule has 0 spiro atoms. The van der Waals surface area contributed by atoms with Crippen LogP contribution in [0.5, 0.6) is 0 Å². The second-order valence-electron chi connectivity index (χ2n) is 5.04. The van der Waals surface area contributed by atoms with Gasteiger partial charge in [-0.2, -0.15) is 0 Å². The highest BCUT2D eigenvalue weighted by Gasteiger charge is 2.42. The predicted molar refractivity (Wildman–Crippen MR) is 81.6 cm³/mol. The van der Waals surface area contributed by atoms with Gasteiger partial charge in [-0.15, -0.1) is 0 Å². The van der Waals surface area contributed by atoms with Crippen molar-refractivity contribution in [3.8, 4) is 0 Å². The van der Waals surface area contributed by atoms with Crippen LogP contribution >= 0.6 is 15.9 Å². The highest BCUT2D eigenvalue weighted by atomic mass is 79.9. The summed E-state index contributed by atoms with van der Waals surface area (Å²) in [5.41, 5.74) is 0.0366. The van der Waals surface area contributed by atoms with E-state index in [1.54, 1.807) is 18.3 Å². The van der Waals surface area contributed by atoms with Crippen LogP contribution in [0.4, 0.5) is 19.4 Å². The first kappa shape index (κ1) is 14.9. The van der Waals surface area contributed by atoms with Crippen molar-refractivity contribution in [1.29, 1.82) is 0 Å². The van der Waals surface area contributed by atoms with E-state index in [1.165, 1.54) is 18.2 Å². The van der Waals surface area contributed by atoms with Crippen molar-refractivity contribution in [1.82, 2.24) is 10.3 Å². The maximum Gasteiger partial charge on any atom is 0.320 e. The van der Waals surface area contributed by atoms with E-state index in [0.717, 1.165) is 4.47 Å². The summed E-state index contributed by atoms with van der Waals surface area (Å²) in [6.07, 6.45) is 2.07. The lowest BCUT2D eigenvalue weighted by atomic mass is 10.1. The predicted octanol–water partition coefficient (Wildman–Crippen LogP) is 3.80. The minimum Gasteiger partial charge on any atom is -0.334 e. The van der Waals surface area contributed by atoms with E-state index < -0.39 is 17.7 Å². The SMILES string of the molecule is O=C(Nc1ccc(Br)cn1)N[C@@H]1C[C@H]1c1c(F)cccc1F. The monoisotopic (exact) mass is 367 g/mol. The van der Waals surface area contributed by atoms with Crippen molar-refractivity contribution in [2.24, 2.45) is 0 Å². The lowest BCUT2D eigenvalue weighted by Gasteiger charge is -2.08. The largest absolute Gasteiger partial charge is 0.334 e. The van der Waals surface area contributed by atoms with Gasteiger partial charge >= 0.3 is 6.03 Å². The zero-order valence-electron chi connectivity index (χ0n) is 11.3. The van der Waals surface area contributed by atoms with E-state index in [1.807, 2.05) is 0 Å². The first-order valence-corrected chi connectivity index (χ1v) is 7.47. The minimum absolute atomic E-state index is 0.0366. The van der Waals surface area contributed by atoms with E-state index in [2.05, 4.69) is 31.5 Å². The maximum atomic E-state index is 13.7. The second-order valence-corrected chi connectivity index (χ2v) is 5.96. The quantitative estimate of drug-likeness (QED) is 0.866. The number of nitrogens with zero attached hydrogens (tertiary/aromatic N) is 1. The number of hydrogen-bond acceptors (Lipinski definition) is 2. The van der Waals surface area contributed by atoms with Crippen LogP contribution < -0.4 is 10.6 Å². The van der Waals surface area contributed by atoms with E-state index >= 15 is 0 Å². The topological polar surface area (TPSA) is 54.0 Å². The third-order valence-electron chi connectivity index (χ3n) is 3.45. The number of halogens is 3. The Hall–Kier alpha value is -2.02. The molecule has 1 heterocycles. The first-order chi connectivity index (χ1) is 10.5. The smallest absolute Gasteiger partial charge is 0.320 e. The van der Waals surface area contributed by atoms with Crippen molar-refractivity contribution in [2.45, 2.75) is 18.4 Å². The average molecular weight is 368 g/mol. The summed E-state index contributed by atoms with van der Waals surface area (Å²) in [5, 5.41) is 5.26. The maximum absolute atomic E-state index is 13.7. The van der Waals surface area contributed by atoms with Gasteiger partial charge in [0.15, 0.2) is 0 Å². The zero-order valence-corrected chi connectivity index (χ0v) is 12.9. The number of urea groups is 1. The fourth-order valence-corrected chi connectivity index (χ4v) is 2.54. The summed E-state index contributed by atoms with van der Waals surface area (Å²) in [6.45, 7) is 0. The Bertz CT molecular complexity index is 688. The molecular weight excluding hydrogens is 356 g/mol. The molecule has 0 aliphatic heterocycles. The number of pyridine rings is 1. The van der Waals surface area contributed by atoms with E-state index in [0.29, 0.717) is 12.2 Å². The van der Waals surface area contributed by atoms with Crippen LogP contribution in [0.15, 0.2) is 41.0 Å². The minimum atomic E-state index is -0.579. The van der Waals surface area contributed by atoms with Crippen molar-refractivity contribution >= 4 is 27.8 Å². The molecule has 1 fully saturated rings. The molecule has 3 rings (SSSR count). The molecule has 22 heavy (non-hydrogen) atoms. The molecule has 2 aromatic rings. The van der Waals surface area contributed by atoms with Crippen molar-refractivity contribution in [3.05, 3.63) is 58.2 Å². The Morgan fingerprint density at radius 2 is 1.95 bits per heavy atom. The molecule has 2 N–H and O–H groups in total. The summed E-state index contributed by atoms with van der Waals surface area (Å²) >= 11 is 3.25. The standard InChI is InChI=1S/C15H12BrF2N3O/c16-8-4-5-13(19-7-8)21-15(22)20-12-6-9(12)14-10(17)2-1-3-11(14)18/h1-5,7,9,12H,6H2,(H2,19,20,21,22)/t9-,12-/m1/s1. The number of benzene rings is 1. The van der Waals surface area contributed by atoms with Crippen molar-refractivity contribution < 1.29 is 13.6 Å². The molecule has 0 bridgehead atoms. The van der Waals surface area contributed by atoms with Crippen LogP contribution in [0.3, 0.4) is 0 Å². The van der Waals surface area contributed by atoms with Gasteiger partial charge in [-0.3, -0.25) is 5.32 Å². The summed E-state index contributed by atoms with van der Waals surface area (Å²) in [6, 6.07) is 6.44. The van der Waals surface area contributed by atoms with E-state index in [4.69, 9.17) is 0 Å². The van der Waals surface area contributed by atoms with E-state index in [-0.39, 0.29) is 17.5 Å². The van der Waals surface area contributed by atoms with Gasteiger partial charge in [0.2, 0.25) is 0 Å². The molecule has 0 unspecified atom stereocenters. The molecule has 7 heteroatoms. The molecule has 1 saturated carbocycles. The normalized spacial score (nSPS) is 19.6. The number of hydrogen-bond donors (Lipinski definition) is 2. The lowest BCUT2D eigenvalue weighted by molar-refractivity contribution is 0.251. The first-order valence-electron chi connectivity index (χ1n) is 6.67. The molecule has 1 aliphatic rings. The Morgan fingerprint density at radius 3 is 2.59 bits per heavy atom. The summed E-state index contributed by atoms with van der Waals surface area (Å²) in [5.74, 6) is -1.09. The number of carbonyl (C=O) groups excluding carboxylic acids is 1. The third-order valence-corrected chi connectivity index (χ3v) is 3.92. The molecule has 1 aliphatic carbocycles. The Balaban J connectivity index is 1.59. The van der Waals surface area contributed by atoms with Crippen LogP contribution in [0.2, 0.25) is 0 Å². The van der Waals surface area contributed by atoms with Gasteiger partial charge in [0, 0.05) is 28.2 Å². The van der Waals surface area contributed by atoms with Gasteiger partial charge in [-0.05, 0) is 46.6 Å². The Labute approximate surface area is 134 Å². The third kappa shape index (κ3) is 3.24. The molecule has 2 atom stereocenters. The second kappa shape index (κ2) is 6.00. The molecule has 1 aromatic heterocycles. The molecule has 0 saturated heterocycles. The molecule has 1 aromatic carbocycles. The van der Waals surface area contributed by atoms with Gasteiger partial charge in [0.25, 0.3) is 0 Å². The highest BCUT2D eigenvalue weighted by Crippen LogP contribution is 2.43. The van der Waals surface area contributed by atoms with Gasteiger partial charge < -0.3 is 5.32 Å². The molecule has 2 amide bonds. The van der Waals surface area contributed by atoms with Gasteiger partial charge in [0.05, 0.1) is 0 Å². The summed E-state index contributed by atoms with van der Waals surface area (Å²) in [4.78, 5) is 15.8. The van der Waals surface area contributed by atoms with Crippen molar-refractivity contribution in [2.75, 3.05) is 5.32 Å². The van der Waals surface area contributed by atoms with Gasteiger partial charge in [-0.25, -0.2) is 18.6 Å². The van der Waals surface area contributed by atoms with Gasteiger partial charge in [0.1, 0.15) is 17.5 Å². The molecular formula is C15H12BrF2N3O. The van der Waals surface area contributed by atoms with Crippen LogP contribution in [0.1, 0.15) is 17.9 Å². The summed E-state index contributed by atoms with van der Waals surface area (Å²) in [7, 11) is 0. The van der Waals surface area contributed by atoms with E-state index in [9.17, 15) is 13.6 Å². The highest BCUT2D eigenvalue weighted by molar-refractivity contribution is 9.10. The molecule has 114 valence electrons.